The molecule has 0 fully saturated rings. The van der Waals surface area contributed by atoms with Crippen LogP contribution in [0.3, 0.4) is 0 Å². The lowest BCUT2D eigenvalue weighted by atomic mass is 10.1. The standard InChI is InChI=1S/C10H18ClN3/c1-8(2)9-7-10(11)14(12-9)6-5-13(3)4/h7-8H,5-6H2,1-4H3. The monoisotopic (exact) mass is 215 g/mol. The van der Waals surface area contributed by atoms with Crippen molar-refractivity contribution in [2.24, 2.45) is 0 Å². The van der Waals surface area contributed by atoms with E-state index in [2.05, 4.69) is 23.8 Å². The fourth-order valence-corrected chi connectivity index (χ4v) is 1.38. The van der Waals surface area contributed by atoms with Gasteiger partial charge in [0, 0.05) is 6.54 Å². The van der Waals surface area contributed by atoms with Gasteiger partial charge in [-0.2, -0.15) is 5.10 Å². The van der Waals surface area contributed by atoms with Crippen molar-refractivity contribution in [2.75, 3.05) is 20.6 Å². The lowest BCUT2D eigenvalue weighted by molar-refractivity contribution is 0.372. The first-order valence-corrected chi connectivity index (χ1v) is 5.26. The molecular formula is C10H18ClN3. The summed E-state index contributed by atoms with van der Waals surface area (Å²) in [7, 11) is 4.08. The molecular weight excluding hydrogens is 198 g/mol. The zero-order chi connectivity index (χ0) is 10.7. The van der Waals surface area contributed by atoms with E-state index in [1.165, 1.54) is 0 Å². The van der Waals surface area contributed by atoms with E-state index in [0.29, 0.717) is 5.92 Å². The van der Waals surface area contributed by atoms with E-state index >= 15 is 0 Å². The van der Waals surface area contributed by atoms with Crippen LogP contribution in [0.5, 0.6) is 0 Å². The van der Waals surface area contributed by atoms with Crippen LogP contribution in [0.4, 0.5) is 0 Å². The van der Waals surface area contributed by atoms with Crippen LogP contribution in [0.25, 0.3) is 0 Å². The Morgan fingerprint density at radius 1 is 1.50 bits per heavy atom. The summed E-state index contributed by atoms with van der Waals surface area (Å²) in [4.78, 5) is 2.12. The van der Waals surface area contributed by atoms with Gasteiger partial charge in [0.15, 0.2) is 0 Å². The van der Waals surface area contributed by atoms with Crippen LogP contribution in [-0.4, -0.2) is 35.3 Å². The van der Waals surface area contributed by atoms with Crippen molar-refractivity contribution < 1.29 is 0 Å². The van der Waals surface area contributed by atoms with Gasteiger partial charge in [-0.3, -0.25) is 4.68 Å². The number of rotatable bonds is 4. The molecule has 0 amide bonds. The highest BCUT2D eigenvalue weighted by molar-refractivity contribution is 6.29. The Bertz CT molecular complexity index is 292. The third-order valence-corrected chi connectivity index (χ3v) is 2.40. The van der Waals surface area contributed by atoms with Crippen LogP contribution in [0.2, 0.25) is 5.15 Å². The third kappa shape index (κ3) is 3.00. The summed E-state index contributed by atoms with van der Waals surface area (Å²) < 4.78 is 1.86. The topological polar surface area (TPSA) is 21.1 Å². The van der Waals surface area contributed by atoms with Crippen molar-refractivity contribution in [3.05, 3.63) is 16.9 Å². The molecule has 0 unspecified atom stereocenters. The molecule has 0 bridgehead atoms. The van der Waals surface area contributed by atoms with Gasteiger partial charge in [-0.1, -0.05) is 25.4 Å². The first kappa shape index (κ1) is 11.5. The Hall–Kier alpha value is -0.540. The van der Waals surface area contributed by atoms with Gasteiger partial charge in [0.05, 0.1) is 12.2 Å². The van der Waals surface area contributed by atoms with Crippen LogP contribution in [0.1, 0.15) is 25.5 Å². The molecule has 0 saturated heterocycles. The minimum Gasteiger partial charge on any atom is -0.308 e. The van der Waals surface area contributed by atoms with E-state index in [4.69, 9.17) is 11.6 Å². The molecule has 4 heteroatoms. The van der Waals surface area contributed by atoms with Crippen molar-refractivity contribution in [3.63, 3.8) is 0 Å². The molecule has 0 aliphatic carbocycles. The van der Waals surface area contributed by atoms with Crippen LogP contribution < -0.4 is 0 Å². The Labute approximate surface area is 90.7 Å². The van der Waals surface area contributed by atoms with Gasteiger partial charge in [-0.15, -0.1) is 0 Å². The summed E-state index contributed by atoms with van der Waals surface area (Å²) in [5, 5.41) is 5.17. The van der Waals surface area contributed by atoms with Crippen molar-refractivity contribution >= 4 is 11.6 Å². The Balaban J connectivity index is 2.67. The maximum atomic E-state index is 6.05. The fraction of sp³-hybridized carbons (Fsp3) is 0.700. The third-order valence-electron chi connectivity index (χ3n) is 2.10. The molecule has 14 heavy (non-hydrogen) atoms. The molecule has 0 radical (unpaired) electrons. The van der Waals surface area contributed by atoms with Crippen LogP contribution in [0.15, 0.2) is 6.07 Å². The maximum Gasteiger partial charge on any atom is 0.127 e. The first-order valence-electron chi connectivity index (χ1n) is 4.88. The highest BCUT2D eigenvalue weighted by Crippen LogP contribution is 2.17. The van der Waals surface area contributed by atoms with Crippen molar-refractivity contribution in [1.82, 2.24) is 14.7 Å². The van der Waals surface area contributed by atoms with Gasteiger partial charge in [-0.25, -0.2) is 0 Å². The number of hydrogen-bond acceptors (Lipinski definition) is 2. The second-order valence-electron chi connectivity index (χ2n) is 4.07. The SMILES string of the molecule is CC(C)c1cc(Cl)n(CCN(C)C)n1. The minimum atomic E-state index is 0.438. The second kappa shape index (κ2) is 4.80. The van der Waals surface area contributed by atoms with Crippen molar-refractivity contribution in [3.8, 4) is 0 Å². The van der Waals surface area contributed by atoms with Crippen LogP contribution in [-0.2, 0) is 6.54 Å². The predicted octanol–water partition coefficient (Wildman–Crippen LogP) is 2.22. The highest BCUT2D eigenvalue weighted by Gasteiger charge is 2.08. The predicted molar refractivity (Wildman–Crippen MR) is 59.9 cm³/mol. The number of likely N-dealkylation sites (N-methyl/N-ethyl adjacent to an activating group) is 1. The van der Waals surface area contributed by atoms with E-state index in [-0.39, 0.29) is 0 Å². The van der Waals surface area contributed by atoms with Gasteiger partial charge in [0.2, 0.25) is 0 Å². The van der Waals surface area contributed by atoms with E-state index in [1.807, 2.05) is 24.8 Å². The molecule has 0 aliphatic rings. The van der Waals surface area contributed by atoms with Crippen molar-refractivity contribution in [2.45, 2.75) is 26.3 Å². The molecule has 0 spiro atoms. The molecule has 0 atom stereocenters. The molecule has 1 heterocycles. The number of aromatic nitrogens is 2. The highest BCUT2D eigenvalue weighted by atomic mass is 35.5. The number of nitrogens with zero attached hydrogens (tertiary/aromatic N) is 3. The van der Waals surface area contributed by atoms with Crippen LogP contribution >= 0.6 is 11.6 Å². The quantitative estimate of drug-likeness (QED) is 0.768. The number of halogens is 1. The van der Waals surface area contributed by atoms with Gasteiger partial charge >= 0.3 is 0 Å². The number of hydrogen-bond donors (Lipinski definition) is 0. The second-order valence-corrected chi connectivity index (χ2v) is 4.46. The molecule has 0 N–H and O–H groups in total. The Kier molecular flexibility index (Phi) is 3.96. The Morgan fingerprint density at radius 2 is 2.14 bits per heavy atom. The molecule has 0 aromatic carbocycles. The summed E-state index contributed by atoms with van der Waals surface area (Å²) in [5.41, 5.74) is 1.06. The molecule has 80 valence electrons. The van der Waals surface area contributed by atoms with Gasteiger partial charge in [0.1, 0.15) is 5.15 Å². The van der Waals surface area contributed by atoms with E-state index in [0.717, 1.165) is 23.9 Å². The Morgan fingerprint density at radius 3 is 2.57 bits per heavy atom. The van der Waals surface area contributed by atoms with E-state index in [9.17, 15) is 0 Å². The van der Waals surface area contributed by atoms with Gasteiger partial charge < -0.3 is 4.90 Å². The molecule has 1 rings (SSSR count). The lowest BCUT2D eigenvalue weighted by Crippen LogP contribution is -2.19. The summed E-state index contributed by atoms with van der Waals surface area (Å²) in [6.45, 7) is 6.04. The normalized spacial score (nSPS) is 11.6. The average Bonchev–Trinajstić information content (AvgIpc) is 2.43. The largest absolute Gasteiger partial charge is 0.308 e. The zero-order valence-electron chi connectivity index (χ0n) is 9.29. The molecule has 1 aromatic rings. The molecule has 0 saturated carbocycles. The smallest absolute Gasteiger partial charge is 0.127 e. The fourth-order valence-electron chi connectivity index (χ4n) is 1.15. The average molecular weight is 216 g/mol. The summed E-state index contributed by atoms with van der Waals surface area (Å²) in [5.74, 6) is 0.438. The first-order chi connectivity index (χ1) is 6.50. The molecule has 3 nitrogen and oxygen atoms in total. The zero-order valence-corrected chi connectivity index (χ0v) is 10.0. The summed E-state index contributed by atoms with van der Waals surface area (Å²) >= 11 is 6.05. The van der Waals surface area contributed by atoms with Crippen LogP contribution in [0, 0.1) is 0 Å². The van der Waals surface area contributed by atoms with Gasteiger partial charge in [0.25, 0.3) is 0 Å². The molecule has 0 aliphatic heterocycles. The summed E-state index contributed by atoms with van der Waals surface area (Å²) in [6, 6.07) is 1.95. The summed E-state index contributed by atoms with van der Waals surface area (Å²) in [6.07, 6.45) is 0. The molecule has 1 aromatic heterocycles. The van der Waals surface area contributed by atoms with E-state index < -0.39 is 0 Å². The van der Waals surface area contributed by atoms with E-state index in [1.54, 1.807) is 0 Å². The van der Waals surface area contributed by atoms with Gasteiger partial charge in [-0.05, 0) is 26.1 Å². The lowest BCUT2D eigenvalue weighted by Gasteiger charge is -2.09. The minimum absolute atomic E-state index is 0.438. The maximum absolute atomic E-state index is 6.05. The van der Waals surface area contributed by atoms with Crippen molar-refractivity contribution in [1.29, 1.82) is 0 Å².